The number of hydrogen-bond acceptors (Lipinski definition) is 3. The van der Waals surface area contributed by atoms with Crippen molar-refractivity contribution in [2.75, 3.05) is 31.6 Å². The van der Waals surface area contributed by atoms with Gasteiger partial charge in [-0.05, 0) is 36.4 Å². The predicted molar refractivity (Wildman–Crippen MR) is 76.1 cm³/mol. The molecule has 18 heavy (non-hydrogen) atoms. The van der Waals surface area contributed by atoms with E-state index in [2.05, 4.69) is 36.9 Å². The molecule has 100 valence electrons. The van der Waals surface area contributed by atoms with Crippen LogP contribution in [-0.2, 0) is 0 Å². The van der Waals surface area contributed by atoms with Crippen LogP contribution in [-0.4, -0.2) is 26.7 Å². The molecular weight excluding hydrogens is 224 g/mol. The maximum atomic E-state index is 5.87. The van der Waals surface area contributed by atoms with E-state index in [0.717, 1.165) is 25.4 Å². The average molecular weight is 248 g/mol. The second-order valence-electron chi connectivity index (χ2n) is 5.83. The van der Waals surface area contributed by atoms with Gasteiger partial charge in [0.15, 0.2) is 0 Å². The zero-order valence-electron chi connectivity index (χ0n) is 11.6. The number of methoxy groups -OCH3 is 1. The summed E-state index contributed by atoms with van der Waals surface area (Å²) in [6.45, 7) is 7.56. The van der Waals surface area contributed by atoms with Crippen LogP contribution >= 0.6 is 0 Å². The molecule has 2 rings (SSSR count). The van der Waals surface area contributed by atoms with Crippen molar-refractivity contribution in [1.29, 1.82) is 0 Å². The highest BCUT2D eigenvalue weighted by Gasteiger charge is 2.34. The first-order chi connectivity index (χ1) is 8.56. The summed E-state index contributed by atoms with van der Waals surface area (Å²) in [7, 11) is 1.71. The number of rotatable bonds is 3. The maximum Gasteiger partial charge on any atom is 0.120 e. The zero-order valence-corrected chi connectivity index (χ0v) is 11.6. The minimum atomic E-state index is 0.274. The number of hydrogen-bond donors (Lipinski definition) is 1. The van der Waals surface area contributed by atoms with Crippen molar-refractivity contribution in [1.82, 2.24) is 0 Å². The van der Waals surface area contributed by atoms with Crippen LogP contribution in [0.2, 0.25) is 0 Å². The van der Waals surface area contributed by atoms with Crippen LogP contribution in [0.15, 0.2) is 24.3 Å². The quantitative estimate of drug-likeness (QED) is 0.893. The van der Waals surface area contributed by atoms with Gasteiger partial charge in [-0.15, -0.1) is 0 Å². The Morgan fingerprint density at radius 3 is 2.83 bits per heavy atom. The predicted octanol–water partition coefficient (Wildman–Crippen LogP) is 2.51. The molecule has 0 aliphatic carbocycles. The van der Waals surface area contributed by atoms with Gasteiger partial charge >= 0.3 is 0 Å². The number of ether oxygens (including phenoxy) is 1. The third-order valence-corrected chi connectivity index (χ3v) is 4.15. The molecule has 1 unspecified atom stereocenters. The van der Waals surface area contributed by atoms with E-state index in [9.17, 15) is 0 Å². The molecule has 0 radical (unpaired) electrons. The molecule has 0 spiro atoms. The summed E-state index contributed by atoms with van der Waals surface area (Å²) in [5, 5.41) is 0. The van der Waals surface area contributed by atoms with E-state index in [1.165, 1.54) is 12.1 Å². The molecule has 3 heteroatoms. The van der Waals surface area contributed by atoms with Crippen molar-refractivity contribution in [3.63, 3.8) is 0 Å². The zero-order chi connectivity index (χ0) is 13.2. The number of nitrogens with two attached hydrogens (primary N) is 1. The Morgan fingerprint density at radius 1 is 1.44 bits per heavy atom. The van der Waals surface area contributed by atoms with Crippen molar-refractivity contribution in [2.45, 2.75) is 20.3 Å². The number of piperidine rings is 1. The Kier molecular flexibility index (Phi) is 3.81. The largest absolute Gasteiger partial charge is 0.497 e. The number of nitrogens with zero attached hydrogens (tertiary/aromatic N) is 1. The summed E-state index contributed by atoms with van der Waals surface area (Å²) in [5.74, 6) is 1.55. The van der Waals surface area contributed by atoms with Gasteiger partial charge in [0.1, 0.15) is 5.75 Å². The Balaban J connectivity index is 2.15. The van der Waals surface area contributed by atoms with E-state index in [4.69, 9.17) is 10.5 Å². The summed E-state index contributed by atoms with van der Waals surface area (Å²) in [6.07, 6.45) is 1.17. The molecule has 0 amide bonds. The van der Waals surface area contributed by atoms with Crippen molar-refractivity contribution in [2.24, 2.45) is 17.1 Å². The van der Waals surface area contributed by atoms with E-state index in [0.29, 0.717) is 5.92 Å². The van der Waals surface area contributed by atoms with Gasteiger partial charge in [-0.3, -0.25) is 0 Å². The van der Waals surface area contributed by atoms with Crippen molar-refractivity contribution >= 4 is 5.69 Å². The summed E-state index contributed by atoms with van der Waals surface area (Å²) >= 11 is 0. The number of benzene rings is 1. The lowest BCUT2D eigenvalue weighted by molar-refractivity contribution is 0.182. The fourth-order valence-electron chi connectivity index (χ4n) is 2.87. The van der Waals surface area contributed by atoms with Crippen LogP contribution in [0.5, 0.6) is 5.75 Å². The molecule has 0 aromatic heterocycles. The Bertz CT molecular complexity index is 403. The molecule has 1 aliphatic heterocycles. The van der Waals surface area contributed by atoms with Gasteiger partial charge in [-0.2, -0.15) is 0 Å². The molecule has 1 saturated heterocycles. The molecule has 0 saturated carbocycles. The molecule has 1 heterocycles. The summed E-state index contributed by atoms with van der Waals surface area (Å²) in [5.41, 5.74) is 7.39. The van der Waals surface area contributed by atoms with Gasteiger partial charge in [0.25, 0.3) is 0 Å². The van der Waals surface area contributed by atoms with Gasteiger partial charge < -0.3 is 15.4 Å². The lowest BCUT2D eigenvalue weighted by atomic mass is 9.74. The summed E-state index contributed by atoms with van der Waals surface area (Å²) in [6, 6.07) is 8.30. The first-order valence-electron chi connectivity index (χ1n) is 6.66. The monoisotopic (exact) mass is 248 g/mol. The van der Waals surface area contributed by atoms with Gasteiger partial charge in [0.2, 0.25) is 0 Å². The summed E-state index contributed by atoms with van der Waals surface area (Å²) < 4.78 is 5.29. The highest BCUT2D eigenvalue weighted by atomic mass is 16.5. The second-order valence-corrected chi connectivity index (χ2v) is 5.83. The highest BCUT2D eigenvalue weighted by molar-refractivity contribution is 5.51. The third-order valence-electron chi connectivity index (χ3n) is 4.15. The van der Waals surface area contributed by atoms with E-state index in [-0.39, 0.29) is 5.41 Å². The van der Waals surface area contributed by atoms with Gasteiger partial charge in [0.05, 0.1) is 7.11 Å². The lowest BCUT2D eigenvalue weighted by Crippen LogP contribution is -2.48. The molecule has 1 aliphatic rings. The molecular formula is C15H24N2O. The molecule has 2 N–H and O–H groups in total. The number of anilines is 1. The van der Waals surface area contributed by atoms with Crippen LogP contribution in [0.4, 0.5) is 5.69 Å². The smallest absolute Gasteiger partial charge is 0.120 e. The second kappa shape index (κ2) is 5.19. The Morgan fingerprint density at radius 2 is 2.22 bits per heavy atom. The highest BCUT2D eigenvalue weighted by Crippen LogP contribution is 2.36. The van der Waals surface area contributed by atoms with E-state index >= 15 is 0 Å². The maximum absolute atomic E-state index is 5.87. The molecule has 3 nitrogen and oxygen atoms in total. The first kappa shape index (κ1) is 13.2. The van der Waals surface area contributed by atoms with Crippen molar-refractivity contribution < 1.29 is 4.74 Å². The molecule has 1 aromatic rings. The van der Waals surface area contributed by atoms with Crippen LogP contribution in [0.3, 0.4) is 0 Å². The van der Waals surface area contributed by atoms with Crippen LogP contribution in [0, 0.1) is 11.3 Å². The van der Waals surface area contributed by atoms with E-state index in [1.54, 1.807) is 7.11 Å². The summed E-state index contributed by atoms with van der Waals surface area (Å²) in [4.78, 5) is 2.44. The van der Waals surface area contributed by atoms with E-state index in [1.807, 2.05) is 6.07 Å². The standard InChI is InChI=1S/C15H24N2O/c1-15(2)11-17(8-7-12(15)10-16)13-5-4-6-14(9-13)18-3/h4-6,9,12H,7-8,10-11,16H2,1-3H3. The minimum Gasteiger partial charge on any atom is -0.497 e. The fraction of sp³-hybridized carbons (Fsp3) is 0.600. The normalized spacial score (nSPS) is 22.9. The van der Waals surface area contributed by atoms with Gasteiger partial charge in [0, 0.05) is 24.8 Å². The van der Waals surface area contributed by atoms with Crippen LogP contribution in [0.1, 0.15) is 20.3 Å². The Hall–Kier alpha value is -1.22. The van der Waals surface area contributed by atoms with Crippen molar-refractivity contribution in [3.05, 3.63) is 24.3 Å². The molecule has 0 bridgehead atoms. The van der Waals surface area contributed by atoms with Gasteiger partial charge in [-0.25, -0.2) is 0 Å². The average Bonchev–Trinajstić information content (AvgIpc) is 2.37. The van der Waals surface area contributed by atoms with E-state index < -0.39 is 0 Å². The van der Waals surface area contributed by atoms with Gasteiger partial charge in [-0.1, -0.05) is 19.9 Å². The van der Waals surface area contributed by atoms with Crippen LogP contribution < -0.4 is 15.4 Å². The molecule has 1 atom stereocenters. The lowest BCUT2D eigenvalue weighted by Gasteiger charge is -2.45. The molecule has 1 aromatic carbocycles. The SMILES string of the molecule is COc1cccc(N2CCC(CN)C(C)(C)C2)c1. The van der Waals surface area contributed by atoms with Crippen molar-refractivity contribution in [3.8, 4) is 5.75 Å². The first-order valence-corrected chi connectivity index (χ1v) is 6.66. The van der Waals surface area contributed by atoms with Crippen LogP contribution in [0.25, 0.3) is 0 Å². The third kappa shape index (κ3) is 2.61. The Labute approximate surface area is 110 Å². The fourth-order valence-corrected chi connectivity index (χ4v) is 2.87. The topological polar surface area (TPSA) is 38.5 Å². The minimum absolute atomic E-state index is 0.274. The molecule has 1 fully saturated rings.